The molecule has 2 aromatic carbocycles. The summed E-state index contributed by atoms with van der Waals surface area (Å²) in [5.74, 6) is 0.187. The van der Waals surface area contributed by atoms with Gasteiger partial charge >= 0.3 is 0 Å². The van der Waals surface area contributed by atoms with Crippen molar-refractivity contribution >= 4 is 16.7 Å². The van der Waals surface area contributed by atoms with Crippen LogP contribution in [-0.2, 0) is 6.42 Å². The Morgan fingerprint density at radius 2 is 1.91 bits per heavy atom. The number of hydrogen-bond donors (Lipinski definition) is 2. The molecule has 1 heterocycles. The van der Waals surface area contributed by atoms with Gasteiger partial charge in [-0.1, -0.05) is 30.3 Å². The average Bonchev–Trinajstić information content (AvgIpc) is 2.54. The van der Waals surface area contributed by atoms with Crippen molar-refractivity contribution in [1.82, 2.24) is 9.97 Å². The first kappa shape index (κ1) is 14.4. The van der Waals surface area contributed by atoms with Crippen molar-refractivity contribution in [3.05, 3.63) is 66.2 Å². The van der Waals surface area contributed by atoms with Crippen LogP contribution in [0.4, 0.5) is 10.2 Å². The predicted molar refractivity (Wildman–Crippen MR) is 84.1 cm³/mol. The number of aliphatic hydroxyl groups excluding tert-OH is 1. The van der Waals surface area contributed by atoms with Crippen molar-refractivity contribution in [3.8, 4) is 0 Å². The number of fused-ring (bicyclic) bond motifs is 1. The summed E-state index contributed by atoms with van der Waals surface area (Å²) in [4.78, 5) is 8.22. The van der Waals surface area contributed by atoms with Crippen LogP contribution in [-0.4, -0.2) is 27.7 Å². The van der Waals surface area contributed by atoms with Crippen LogP contribution in [0.25, 0.3) is 10.9 Å². The molecule has 0 aliphatic heterocycles. The fourth-order valence-corrected chi connectivity index (χ4v) is 2.34. The van der Waals surface area contributed by atoms with Crippen LogP contribution in [0, 0.1) is 5.82 Å². The minimum Gasteiger partial charge on any atom is -0.391 e. The van der Waals surface area contributed by atoms with Gasteiger partial charge in [-0.05, 0) is 23.8 Å². The lowest BCUT2D eigenvalue weighted by atomic mass is 10.1. The quantitative estimate of drug-likeness (QED) is 0.760. The maximum atomic E-state index is 13.4. The third-order valence-electron chi connectivity index (χ3n) is 3.42. The predicted octanol–water partition coefficient (Wildman–Crippen LogP) is 2.78. The highest BCUT2D eigenvalue weighted by Crippen LogP contribution is 2.20. The average molecular weight is 297 g/mol. The van der Waals surface area contributed by atoms with Crippen LogP contribution in [0.5, 0.6) is 0 Å². The smallest absolute Gasteiger partial charge is 0.137 e. The van der Waals surface area contributed by atoms with Crippen molar-refractivity contribution in [2.24, 2.45) is 0 Å². The molecule has 0 aliphatic carbocycles. The van der Waals surface area contributed by atoms with Crippen LogP contribution < -0.4 is 5.32 Å². The van der Waals surface area contributed by atoms with E-state index in [0.717, 1.165) is 5.56 Å². The molecule has 3 aromatic rings. The maximum Gasteiger partial charge on any atom is 0.137 e. The van der Waals surface area contributed by atoms with Crippen LogP contribution in [0.1, 0.15) is 5.56 Å². The number of aliphatic hydroxyl groups is 1. The molecule has 0 bridgehead atoms. The van der Waals surface area contributed by atoms with Crippen molar-refractivity contribution < 1.29 is 9.50 Å². The SMILES string of the molecule is O[C@@H](CNc1ncnc2ccc(F)cc12)Cc1ccccc1. The molecule has 1 aromatic heterocycles. The lowest BCUT2D eigenvalue weighted by Crippen LogP contribution is -2.22. The Kier molecular flexibility index (Phi) is 4.25. The Morgan fingerprint density at radius 1 is 1.09 bits per heavy atom. The zero-order chi connectivity index (χ0) is 15.4. The number of nitrogens with one attached hydrogen (secondary N) is 1. The molecular weight excluding hydrogens is 281 g/mol. The van der Waals surface area contributed by atoms with Crippen molar-refractivity contribution in [2.75, 3.05) is 11.9 Å². The summed E-state index contributed by atoms with van der Waals surface area (Å²) >= 11 is 0. The second-order valence-corrected chi connectivity index (χ2v) is 5.11. The fraction of sp³-hybridized carbons (Fsp3) is 0.176. The molecule has 0 spiro atoms. The summed E-state index contributed by atoms with van der Waals surface area (Å²) in [5, 5.41) is 13.8. The van der Waals surface area contributed by atoms with E-state index >= 15 is 0 Å². The van der Waals surface area contributed by atoms with E-state index < -0.39 is 6.10 Å². The van der Waals surface area contributed by atoms with E-state index in [1.165, 1.54) is 18.5 Å². The number of rotatable bonds is 5. The van der Waals surface area contributed by atoms with Gasteiger partial charge in [0.05, 0.1) is 11.6 Å². The highest BCUT2D eigenvalue weighted by atomic mass is 19.1. The van der Waals surface area contributed by atoms with Gasteiger partial charge in [-0.15, -0.1) is 0 Å². The lowest BCUT2D eigenvalue weighted by molar-refractivity contribution is 0.188. The van der Waals surface area contributed by atoms with Gasteiger partial charge in [-0.3, -0.25) is 0 Å². The Labute approximate surface area is 127 Å². The van der Waals surface area contributed by atoms with Gasteiger partial charge in [0.25, 0.3) is 0 Å². The minimum absolute atomic E-state index is 0.331. The summed E-state index contributed by atoms with van der Waals surface area (Å²) in [6, 6.07) is 14.1. The second kappa shape index (κ2) is 6.49. The van der Waals surface area contributed by atoms with Crippen LogP contribution in [0.15, 0.2) is 54.9 Å². The molecule has 1 atom stereocenters. The highest BCUT2D eigenvalue weighted by molar-refractivity contribution is 5.88. The van der Waals surface area contributed by atoms with E-state index in [1.54, 1.807) is 6.07 Å². The second-order valence-electron chi connectivity index (χ2n) is 5.11. The molecule has 0 fully saturated rings. The molecule has 0 amide bonds. The first-order chi connectivity index (χ1) is 10.7. The molecule has 112 valence electrons. The summed E-state index contributed by atoms with van der Waals surface area (Å²) in [6.07, 6.45) is 1.41. The Morgan fingerprint density at radius 3 is 2.73 bits per heavy atom. The third-order valence-corrected chi connectivity index (χ3v) is 3.42. The van der Waals surface area contributed by atoms with Crippen LogP contribution >= 0.6 is 0 Å². The monoisotopic (exact) mass is 297 g/mol. The van der Waals surface area contributed by atoms with E-state index in [1.807, 2.05) is 30.3 Å². The number of aromatic nitrogens is 2. The summed E-state index contributed by atoms with van der Waals surface area (Å²) in [6.45, 7) is 0.331. The standard InChI is InChI=1S/C17H16FN3O/c18-13-6-7-16-15(9-13)17(21-11-20-16)19-10-14(22)8-12-4-2-1-3-5-12/h1-7,9,11,14,22H,8,10H2,(H,19,20,21)/t14-/m1/s1. The largest absolute Gasteiger partial charge is 0.391 e. The van der Waals surface area contributed by atoms with Gasteiger partial charge in [0.1, 0.15) is 18.0 Å². The van der Waals surface area contributed by atoms with E-state index in [4.69, 9.17) is 0 Å². The van der Waals surface area contributed by atoms with Gasteiger partial charge in [-0.25, -0.2) is 14.4 Å². The first-order valence-corrected chi connectivity index (χ1v) is 7.08. The Bertz CT molecular complexity index is 764. The van der Waals surface area contributed by atoms with E-state index in [0.29, 0.717) is 29.7 Å². The first-order valence-electron chi connectivity index (χ1n) is 7.08. The van der Waals surface area contributed by atoms with E-state index in [-0.39, 0.29) is 5.82 Å². The molecule has 0 saturated carbocycles. The number of halogens is 1. The van der Waals surface area contributed by atoms with E-state index in [2.05, 4.69) is 15.3 Å². The molecule has 22 heavy (non-hydrogen) atoms. The molecule has 0 aliphatic rings. The topological polar surface area (TPSA) is 58.0 Å². The molecule has 0 saturated heterocycles. The fourth-order valence-electron chi connectivity index (χ4n) is 2.34. The van der Waals surface area contributed by atoms with Crippen LogP contribution in [0.2, 0.25) is 0 Å². The van der Waals surface area contributed by atoms with Gasteiger partial charge in [-0.2, -0.15) is 0 Å². The zero-order valence-electron chi connectivity index (χ0n) is 11.9. The molecule has 4 nitrogen and oxygen atoms in total. The lowest BCUT2D eigenvalue weighted by Gasteiger charge is -2.13. The number of nitrogens with zero attached hydrogens (tertiary/aromatic N) is 2. The van der Waals surface area contributed by atoms with Crippen molar-refractivity contribution in [1.29, 1.82) is 0 Å². The maximum absolute atomic E-state index is 13.4. The number of benzene rings is 2. The minimum atomic E-state index is -0.555. The van der Waals surface area contributed by atoms with E-state index in [9.17, 15) is 9.50 Å². The number of hydrogen-bond acceptors (Lipinski definition) is 4. The molecular formula is C17H16FN3O. The molecule has 0 radical (unpaired) electrons. The van der Waals surface area contributed by atoms with Crippen molar-refractivity contribution in [2.45, 2.75) is 12.5 Å². The number of anilines is 1. The molecule has 5 heteroatoms. The van der Waals surface area contributed by atoms with Gasteiger partial charge in [0.15, 0.2) is 0 Å². The third kappa shape index (κ3) is 3.38. The summed E-state index contributed by atoms with van der Waals surface area (Å²) in [7, 11) is 0. The van der Waals surface area contributed by atoms with Crippen molar-refractivity contribution in [3.63, 3.8) is 0 Å². The normalized spacial score (nSPS) is 12.3. The summed E-state index contributed by atoms with van der Waals surface area (Å²) in [5.41, 5.74) is 1.73. The highest BCUT2D eigenvalue weighted by Gasteiger charge is 2.09. The Balaban J connectivity index is 1.70. The Hall–Kier alpha value is -2.53. The summed E-state index contributed by atoms with van der Waals surface area (Å²) < 4.78 is 13.4. The zero-order valence-corrected chi connectivity index (χ0v) is 11.9. The van der Waals surface area contributed by atoms with Gasteiger partial charge in [0.2, 0.25) is 0 Å². The molecule has 2 N–H and O–H groups in total. The van der Waals surface area contributed by atoms with Crippen LogP contribution in [0.3, 0.4) is 0 Å². The molecule has 0 unspecified atom stereocenters. The molecule has 3 rings (SSSR count). The van der Waals surface area contributed by atoms with Gasteiger partial charge < -0.3 is 10.4 Å². The van der Waals surface area contributed by atoms with Gasteiger partial charge in [0, 0.05) is 18.4 Å².